The zero-order valence-electron chi connectivity index (χ0n) is 11.6. The Labute approximate surface area is 118 Å². The molecule has 1 amide bonds. The van der Waals surface area contributed by atoms with E-state index in [0.29, 0.717) is 11.9 Å². The number of hydrogen-bond donors (Lipinski definition) is 1. The fourth-order valence-electron chi connectivity index (χ4n) is 2.91. The van der Waals surface area contributed by atoms with Crippen LogP contribution >= 0.6 is 0 Å². The molecule has 2 aliphatic heterocycles. The van der Waals surface area contributed by atoms with Gasteiger partial charge < -0.3 is 15.4 Å². The molecule has 0 radical (unpaired) electrons. The molecule has 0 bridgehead atoms. The van der Waals surface area contributed by atoms with E-state index in [1.165, 1.54) is 0 Å². The van der Waals surface area contributed by atoms with Crippen LogP contribution < -0.4 is 5.73 Å². The van der Waals surface area contributed by atoms with E-state index in [0.717, 1.165) is 45.8 Å². The summed E-state index contributed by atoms with van der Waals surface area (Å²) in [7, 11) is 0. The molecule has 3 heterocycles. The first kappa shape index (κ1) is 13.4. The number of ether oxygens (including phenoxy) is 1. The van der Waals surface area contributed by atoms with E-state index in [-0.39, 0.29) is 12.5 Å². The first-order valence-electron chi connectivity index (χ1n) is 7.11. The highest BCUT2D eigenvalue weighted by Gasteiger charge is 2.31. The summed E-state index contributed by atoms with van der Waals surface area (Å²) in [4.78, 5) is 16.6. The maximum atomic E-state index is 12.2. The van der Waals surface area contributed by atoms with Gasteiger partial charge in [-0.05, 0) is 12.5 Å². The third-order valence-corrected chi connectivity index (χ3v) is 4.04. The largest absolute Gasteiger partial charge is 0.382 e. The smallest absolute Gasteiger partial charge is 0.244 e. The van der Waals surface area contributed by atoms with Gasteiger partial charge in [0.1, 0.15) is 12.4 Å². The third-order valence-electron chi connectivity index (χ3n) is 4.04. The molecule has 1 aromatic rings. The van der Waals surface area contributed by atoms with Crippen LogP contribution in [0, 0.1) is 0 Å². The van der Waals surface area contributed by atoms with Gasteiger partial charge in [0.15, 0.2) is 0 Å². The predicted octanol–water partition coefficient (Wildman–Crippen LogP) is -0.602. The fraction of sp³-hybridized carbons (Fsp3) is 0.692. The molecule has 20 heavy (non-hydrogen) atoms. The molecule has 0 aliphatic carbocycles. The number of morpholine rings is 1. The predicted molar refractivity (Wildman–Crippen MR) is 74.0 cm³/mol. The van der Waals surface area contributed by atoms with Crippen molar-refractivity contribution in [2.24, 2.45) is 0 Å². The number of nitrogens with two attached hydrogens (primary N) is 1. The molecule has 2 aliphatic rings. The maximum absolute atomic E-state index is 12.2. The molecular weight excluding hydrogens is 258 g/mol. The summed E-state index contributed by atoms with van der Waals surface area (Å²) in [5, 5.41) is 4.05. The number of carbonyl (C=O) groups is 1. The van der Waals surface area contributed by atoms with Crippen LogP contribution in [0.4, 0.5) is 5.82 Å². The Kier molecular flexibility index (Phi) is 3.88. The molecule has 2 N–H and O–H groups in total. The van der Waals surface area contributed by atoms with E-state index in [9.17, 15) is 4.79 Å². The minimum Gasteiger partial charge on any atom is -0.382 e. The second-order valence-electron chi connectivity index (χ2n) is 5.37. The first-order chi connectivity index (χ1) is 9.72. The summed E-state index contributed by atoms with van der Waals surface area (Å²) in [5.41, 5.74) is 5.55. The molecule has 2 saturated heterocycles. The zero-order chi connectivity index (χ0) is 13.9. The summed E-state index contributed by atoms with van der Waals surface area (Å²) in [6, 6.07) is 2.18. The molecule has 1 unspecified atom stereocenters. The van der Waals surface area contributed by atoms with Crippen LogP contribution in [0.1, 0.15) is 6.42 Å². The van der Waals surface area contributed by atoms with Crippen LogP contribution in [0.2, 0.25) is 0 Å². The Morgan fingerprint density at radius 1 is 1.40 bits per heavy atom. The summed E-state index contributed by atoms with van der Waals surface area (Å²) in [5.74, 6) is 0.564. The standard InChI is InChI=1S/C13H21N5O2/c14-12-2-4-18(15-12)10-13(19)17-3-1-11(9-17)16-5-7-20-8-6-16/h2,4,11H,1,3,5-10H2,(H2,14,15). The molecule has 3 rings (SSSR count). The Morgan fingerprint density at radius 3 is 2.90 bits per heavy atom. The van der Waals surface area contributed by atoms with Crippen molar-refractivity contribution in [2.75, 3.05) is 45.1 Å². The zero-order valence-corrected chi connectivity index (χ0v) is 11.6. The van der Waals surface area contributed by atoms with E-state index in [4.69, 9.17) is 10.5 Å². The van der Waals surface area contributed by atoms with Gasteiger partial charge in [-0.15, -0.1) is 0 Å². The van der Waals surface area contributed by atoms with Crippen LogP contribution in [0.25, 0.3) is 0 Å². The first-order valence-corrected chi connectivity index (χ1v) is 7.11. The second-order valence-corrected chi connectivity index (χ2v) is 5.37. The van der Waals surface area contributed by atoms with Gasteiger partial charge in [0.05, 0.1) is 13.2 Å². The van der Waals surface area contributed by atoms with Gasteiger partial charge in [-0.1, -0.05) is 0 Å². The second kappa shape index (κ2) is 5.80. The maximum Gasteiger partial charge on any atom is 0.244 e. The molecule has 0 aromatic carbocycles. The van der Waals surface area contributed by atoms with Crippen molar-refractivity contribution in [1.82, 2.24) is 19.6 Å². The highest BCUT2D eigenvalue weighted by molar-refractivity contribution is 5.76. The highest BCUT2D eigenvalue weighted by Crippen LogP contribution is 2.17. The van der Waals surface area contributed by atoms with Crippen LogP contribution in [0.3, 0.4) is 0 Å². The Balaban J connectivity index is 1.52. The van der Waals surface area contributed by atoms with E-state index in [1.54, 1.807) is 16.9 Å². The Hall–Kier alpha value is -1.60. The van der Waals surface area contributed by atoms with E-state index < -0.39 is 0 Å². The summed E-state index contributed by atoms with van der Waals surface area (Å²) >= 11 is 0. The number of likely N-dealkylation sites (tertiary alicyclic amines) is 1. The van der Waals surface area contributed by atoms with Gasteiger partial charge in [0.2, 0.25) is 5.91 Å². The normalized spacial score (nSPS) is 24.2. The van der Waals surface area contributed by atoms with Crippen LogP contribution in [-0.2, 0) is 16.1 Å². The Morgan fingerprint density at radius 2 is 2.20 bits per heavy atom. The van der Waals surface area contributed by atoms with Gasteiger partial charge in [-0.25, -0.2) is 0 Å². The van der Waals surface area contributed by atoms with E-state index in [1.807, 2.05) is 4.90 Å². The monoisotopic (exact) mass is 279 g/mol. The van der Waals surface area contributed by atoms with E-state index >= 15 is 0 Å². The minimum absolute atomic E-state index is 0.115. The van der Waals surface area contributed by atoms with Gasteiger partial charge >= 0.3 is 0 Å². The average Bonchev–Trinajstić information content (AvgIpc) is 3.09. The van der Waals surface area contributed by atoms with Gasteiger partial charge in [0.25, 0.3) is 0 Å². The lowest BCUT2D eigenvalue weighted by Gasteiger charge is -2.32. The lowest BCUT2D eigenvalue weighted by Crippen LogP contribution is -2.45. The minimum atomic E-state index is 0.115. The van der Waals surface area contributed by atoms with Crippen LogP contribution in [0.5, 0.6) is 0 Å². The fourth-order valence-corrected chi connectivity index (χ4v) is 2.91. The van der Waals surface area contributed by atoms with Crippen molar-refractivity contribution in [3.8, 4) is 0 Å². The van der Waals surface area contributed by atoms with Crippen molar-refractivity contribution < 1.29 is 9.53 Å². The van der Waals surface area contributed by atoms with Gasteiger partial charge in [-0.2, -0.15) is 5.10 Å². The van der Waals surface area contributed by atoms with Crippen molar-refractivity contribution in [1.29, 1.82) is 0 Å². The molecule has 1 atom stereocenters. The lowest BCUT2D eigenvalue weighted by molar-refractivity contribution is -0.131. The molecule has 7 nitrogen and oxygen atoms in total. The van der Waals surface area contributed by atoms with Gasteiger partial charge in [-0.3, -0.25) is 14.4 Å². The Bertz CT molecular complexity index is 469. The molecular formula is C13H21N5O2. The number of aromatic nitrogens is 2. The summed E-state index contributed by atoms with van der Waals surface area (Å²) in [6.07, 6.45) is 2.79. The number of nitrogen functional groups attached to an aromatic ring is 1. The summed E-state index contributed by atoms with van der Waals surface area (Å²) < 4.78 is 6.97. The molecule has 2 fully saturated rings. The number of rotatable bonds is 3. The SMILES string of the molecule is Nc1ccn(CC(=O)N2CCC(N3CCOCC3)C2)n1. The highest BCUT2D eigenvalue weighted by atomic mass is 16.5. The molecule has 0 spiro atoms. The van der Waals surface area contributed by atoms with Crippen molar-refractivity contribution in [2.45, 2.75) is 19.0 Å². The number of carbonyl (C=O) groups excluding carboxylic acids is 1. The number of nitrogens with zero attached hydrogens (tertiary/aromatic N) is 4. The van der Waals surface area contributed by atoms with Gasteiger partial charge in [0, 0.05) is 38.4 Å². The number of anilines is 1. The average molecular weight is 279 g/mol. The topological polar surface area (TPSA) is 76.6 Å². The molecule has 7 heteroatoms. The third kappa shape index (κ3) is 2.94. The van der Waals surface area contributed by atoms with Crippen LogP contribution in [-0.4, -0.2) is 70.9 Å². The molecule has 110 valence electrons. The molecule has 0 saturated carbocycles. The van der Waals surface area contributed by atoms with Crippen molar-refractivity contribution >= 4 is 11.7 Å². The number of amides is 1. The summed E-state index contributed by atoms with van der Waals surface area (Å²) in [6.45, 7) is 5.47. The van der Waals surface area contributed by atoms with Crippen LogP contribution in [0.15, 0.2) is 12.3 Å². The van der Waals surface area contributed by atoms with Crippen molar-refractivity contribution in [3.05, 3.63) is 12.3 Å². The van der Waals surface area contributed by atoms with E-state index in [2.05, 4.69) is 10.00 Å². The van der Waals surface area contributed by atoms with Crippen molar-refractivity contribution in [3.63, 3.8) is 0 Å². The quantitative estimate of drug-likeness (QED) is 0.799. The molecule has 1 aromatic heterocycles. The number of hydrogen-bond acceptors (Lipinski definition) is 5. The lowest BCUT2D eigenvalue weighted by atomic mass is 10.2.